The Kier molecular flexibility index (Phi) is 6.23. The zero-order chi connectivity index (χ0) is 17.5. The summed E-state index contributed by atoms with van der Waals surface area (Å²) in [4.78, 5) is 11.9. The van der Waals surface area contributed by atoms with Crippen molar-refractivity contribution < 1.29 is 4.74 Å². The number of hydrogen-bond donors (Lipinski definition) is 1. The lowest BCUT2D eigenvalue weighted by Gasteiger charge is -2.31. The Morgan fingerprint density at radius 2 is 1.92 bits per heavy atom. The third-order valence-corrected chi connectivity index (χ3v) is 4.70. The molecule has 1 aromatic heterocycles. The lowest BCUT2D eigenvalue weighted by atomic mass is 9.99. The molecule has 0 atom stereocenters. The summed E-state index contributed by atoms with van der Waals surface area (Å²) in [5.74, 6) is 2.53. The zero-order valence-electron chi connectivity index (χ0n) is 15.2. The summed E-state index contributed by atoms with van der Waals surface area (Å²) in [6.45, 7) is 6.01. The van der Waals surface area contributed by atoms with Gasteiger partial charge < -0.3 is 15.0 Å². The number of nitrogens with zero attached hydrogens (tertiary/aromatic N) is 3. The van der Waals surface area contributed by atoms with Crippen molar-refractivity contribution in [3.05, 3.63) is 36.4 Å². The Bertz CT molecular complexity index is 654. The second-order valence-corrected chi connectivity index (χ2v) is 6.74. The number of anilines is 2. The van der Waals surface area contributed by atoms with E-state index in [1.54, 1.807) is 7.11 Å². The topological polar surface area (TPSA) is 50.3 Å². The molecule has 1 aliphatic heterocycles. The van der Waals surface area contributed by atoms with E-state index in [4.69, 9.17) is 14.7 Å². The van der Waals surface area contributed by atoms with E-state index in [1.165, 1.54) is 12.8 Å². The van der Waals surface area contributed by atoms with E-state index in [2.05, 4.69) is 35.3 Å². The highest BCUT2D eigenvalue weighted by Crippen LogP contribution is 2.26. The van der Waals surface area contributed by atoms with Crippen LogP contribution in [0, 0.1) is 5.92 Å². The standard InChI is InChI=1S/C20H28N4O/c1-16-9-12-24(13-10-16)19-15-18(17-7-4-3-5-8-17)22-20(23-19)21-11-6-14-25-2/h3-5,7-8,15-16H,6,9-14H2,1-2H3,(H,21,22,23). The van der Waals surface area contributed by atoms with Crippen molar-refractivity contribution in [3.8, 4) is 11.3 Å². The van der Waals surface area contributed by atoms with E-state index in [0.29, 0.717) is 5.95 Å². The van der Waals surface area contributed by atoms with Gasteiger partial charge >= 0.3 is 0 Å². The van der Waals surface area contributed by atoms with Crippen LogP contribution in [-0.2, 0) is 4.74 Å². The minimum absolute atomic E-state index is 0.700. The Hall–Kier alpha value is -2.14. The van der Waals surface area contributed by atoms with Gasteiger partial charge in [0.15, 0.2) is 0 Å². The maximum atomic E-state index is 5.11. The molecule has 0 aliphatic carbocycles. The molecule has 3 rings (SSSR count). The molecule has 0 bridgehead atoms. The molecular weight excluding hydrogens is 312 g/mol. The number of piperidine rings is 1. The van der Waals surface area contributed by atoms with E-state index in [0.717, 1.165) is 55.7 Å². The quantitative estimate of drug-likeness (QED) is 0.776. The van der Waals surface area contributed by atoms with E-state index in [1.807, 2.05) is 18.2 Å². The summed E-state index contributed by atoms with van der Waals surface area (Å²) in [6, 6.07) is 12.4. The minimum Gasteiger partial charge on any atom is -0.385 e. The van der Waals surface area contributed by atoms with Crippen LogP contribution in [0.3, 0.4) is 0 Å². The van der Waals surface area contributed by atoms with Crippen LogP contribution in [0.1, 0.15) is 26.2 Å². The molecule has 1 fully saturated rings. The lowest BCUT2D eigenvalue weighted by Crippen LogP contribution is -2.33. The summed E-state index contributed by atoms with van der Waals surface area (Å²) in [6.07, 6.45) is 3.38. The number of hydrogen-bond acceptors (Lipinski definition) is 5. The van der Waals surface area contributed by atoms with Gasteiger partial charge in [0.05, 0.1) is 5.69 Å². The highest BCUT2D eigenvalue weighted by Gasteiger charge is 2.18. The first-order valence-electron chi connectivity index (χ1n) is 9.18. The first-order valence-corrected chi connectivity index (χ1v) is 9.18. The number of rotatable bonds is 7. The number of ether oxygens (including phenoxy) is 1. The molecule has 1 saturated heterocycles. The van der Waals surface area contributed by atoms with Crippen LogP contribution in [0.4, 0.5) is 11.8 Å². The summed E-state index contributed by atoms with van der Waals surface area (Å²) in [5.41, 5.74) is 2.09. The summed E-state index contributed by atoms with van der Waals surface area (Å²) in [5, 5.41) is 3.35. The number of methoxy groups -OCH3 is 1. The van der Waals surface area contributed by atoms with Gasteiger partial charge in [-0.3, -0.25) is 0 Å². The highest BCUT2D eigenvalue weighted by atomic mass is 16.5. The highest BCUT2D eigenvalue weighted by molar-refractivity contribution is 5.64. The maximum Gasteiger partial charge on any atom is 0.225 e. The van der Waals surface area contributed by atoms with Gasteiger partial charge in [0.1, 0.15) is 5.82 Å². The zero-order valence-corrected chi connectivity index (χ0v) is 15.2. The smallest absolute Gasteiger partial charge is 0.225 e. The van der Waals surface area contributed by atoms with Crippen molar-refractivity contribution in [2.75, 3.05) is 43.6 Å². The molecule has 5 nitrogen and oxygen atoms in total. The van der Waals surface area contributed by atoms with E-state index in [9.17, 15) is 0 Å². The second-order valence-electron chi connectivity index (χ2n) is 6.74. The predicted molar refractivity (Wildman–Crippen MR) is 103 cm³/mol. The van der Waals surface area contributed by atoms with Crippen LogP contribution in [0.25, 0.3) is 11.3 Å². The van der Waals surface area contributed by atoms with Crippen molar-refractivity contribution >= 4 is 11.8 Å². The molecule has 1 N–H and O–H groups in total. The lowest BCUT2D eigenvalue weighted by molar-refractivity contribution is 0.197. The van der Waals surface area contributed by atoms with Crippen molar-refractivity contribution in [1.29, 1.82) is 0 Å². The van der Waals surface area contributed by atoms with Crippen molar-refractivity contribution in [3.63, 3.8) is 0 Å². The molecule has 1 aromatic carbocycles. The first kappa shape index (κ1) is 17.7. The molecule has 0 spiro atoms. The van der Waals surface area contributed by atoms with Gasteiger partial charge in [-0.05, 0) is 25.2 Å². The first-order chi connectivity index (χ1) is 12.3. The second kappa shape index (κ2) is 8.81. The molecule has 0 amide bonds. The molecule has 0 radical (unpaired) electrons. The molecular formula is C20H28N4O. The molecule has 5 heteroatoms. The van der Waals surface area contributed by atoms with Crippen molar-refractivity contribution in [1.82, 2.24) is 9.97 Å². The number of nitrogens with one attached hydrogen (secondary N) is 1. The van der Waals surface area contributed by atoms with Crippen LogP contribution in [0.2, 0.25) is 0 Å². The summed E-state index contributed by atoms with van der Waals surface area (Å²) >= 11 is 0. The van der Waals surface area contributed by atoms with Crippen molar-refractivity contribution in [2.24, 2.45) is 5.92 Å². The SMILES string of the molecule is COCCCNc1nc(-c2ccccc2)cc(N2CCC(C)CC2)n1. The Balaban J connectivity index is 1.83. The van der Waals surface area contributed by atoms with E-state index >= 15 is 0 Å². The minimum atomic E-state index is 0.700. The monoisotopic (exact) mass is 340 g/mol. The normalized spacial score (nSPS) is 15.4. The van der Waals surface area contributed by atoms with Crippen LogP contribution >= 0.6 is 0 Å². The van der Waals surface area contributed by atoms with Crippen LogP contribution in [0.15, 0.2) is 36.4 Å². The van der Waals surface area contributed by atoms with Crippen LogP contribution in [-0.4, -0.2) is 43.3 Å². The van der Waals surface area contributed by atoms with E-state index in [-0.39, 0.29) is 0 Å². The largest absolute Gasteiger partial charge is 0.385 e. The fourth-order valence-electron chi connectivity index (χ4n) is 3.09. The van der Waals surface area contributed by atoms with Crippen LogP contribution < -0.4 is 10.2 Å². The fraction of sp³-hybridized carbons (Fsp3) is 0.500. The summed E-state index contributed by atoms with van der Waals surface area (Å²) < 4.78 is 5.11. The van der Waals surface area contributed by atoms with Gasteiger partial charge in [0, 0.05) is 45.0 Å². The van der Waals surface area contributed by atoms with Gasteiger partial charge in [-0.1, -0.05) is 37.3 Å². The third kappa shape index (κ3) is 4.92. The molecule has 25 heavy (non-hydrogen) atoms. The van der Waals surface area contributed by atoms with Gasteiger partial charge in [0.25, 0.3) is 0 Å². The maximum absolute atomic E-state index is 5.11. The Morgan fingerprint density at radius 3 is 2.64 bits per heavy atom. The number of aromatic nitrogens is 2. The van der Waals surface area contributed by atoms with Gasteiger partial charge in [-0.25, -0.2) is 4.98 Å². The molecule has 0 saturated carbocycles. The Labute approximate surface area is 150 Å². The average molecular weight is 340 g/mol. The number of benzene rings is 1. The van der Waals surface area contributed by atoms with E-state index < -0.39 is 0 Å². The molecule has 134 valence electrons. The van der Waals surface area contributed by atoms with Gasteiger partial charge in [-0.2, -0.15) is 4.98 Å². The molecule has 2 aromatic rings. The average Bonchev–Trinajstić information content (AvgIpc) is 2.66. The Morgan fingerprint density at radius 1 is 1.16 bits per heavy atom. The molecule has 2 heterocycles. The van der Waals surface area contributed by atoms with Crippen LogP contribution in [0.5, 0.6) is 0 Å². The fourth-order valence-corrected chi connectivity index (χ4v) is 3.09. The van der Waals surface area contributed by atoms with Gasteiger partial charge in [0.2, 0.25) is 5.95 Å². The summed E-state index contributed by atoms with van der Waals surface area (Å²) in [7, 11) is 1.72. The predicted octanol–water partition coefficient (Wildman–Crippen LogP) is 3.83. The van der Waals surface area contributed by atoms with Gasteiger partial charge in [-0.15, -0.1) is 0 Å². The third-order valence-electron chi connectivity index (χ3n) is 4.70. The molecule has 1 aliphatic rings. The van der Waals surface area contributed by atoms with Crippen molar-refractivity contribution in [2.45, 2.75) is 26.2 Å². The molecule has 0 unspecified atom stereocenters.